The second-order valence-corrected chi connectivity index (χ2v) is 7.54. The van der Waals surface area contributed by atoms with Crippen molar-refractivity contribution < 1.29 is 18.3 Å². The molecule has 1 amide bonds. The first kappa shape index (κ1) is 16.7. The van der Waals surface area contributed by atoms with Gasteiger partial charge in [-0.1, -0.05) is 11.8 Å². The Bertz CT molecular complexity index is 622. The molecule has 7 heteroatoms. The molecule has 1 aromatic heterocycles. The predicted octanol–water partition coefficient (Wildman–Crippen LogP) is 0.645. The lowest BCUT2D eigenvalue weighted by Crippen LogP contribution is -2.37. The molecule has 1 unspecified atom stereocenters. The highest BCUT2D eigenvalue weighted by molar-refractivity contribution is 7.90. The van der Waals surface area contributed by atoms with E-state index in [0.717, 1.165) is 11.1 Å². The molecule has 1 aromatic rings. The van der Waals surface area contributed by atoms with Crippen LogP contribution in [-0.2, 0) is 9.84 Å². The van der Waals surface area contributed by atoms with Crippen LogP contribution in [0.2, 0.25) is 0 Å². The van der Waals surface area contributed by atoms with Gasteiger partial charge in [0.15, 0.2) is 0 Å². The standard InChI is InChI=1S/C13H17NO4S2/c1-10(9-20(2,17)18)14-13(16)11-7-12(19-8-11)5-3-4-6-15/h7-8,10,15H,4,6,9H2,1-2H3,(H,14,16). The zero-order valence-electron chi connectivity index (χ0n) is 11.3. The maximum absolute atomic E-state index is 11.9. The van der Waals surface area contributed by atoms with E-state index in [2.05, 4.69) is 17.2 Å². The van der Waals surface area contributed by atoms with Crippen molar-refractivity contribution in [2.45, 2.75) is 19.4 Å². The Hall–Kier alpha value is -1.36. The number of rotatable bonds is 5. The summed E-state index contributed by atoms with van der Waals surface area (Å²) in [4.78, 5) is 12.6. The number of sulfone groups is 1. The van der Waals surface area contributed by atoms with Crippen LogP contribution in [-0.4, -0.2) is 44.1 Å². The highest BCUT2D eigenvalue weighted by atomic mass is 32.2. The molecule has 0 saturated carbocycles. The Kier molecular flexibility index (Phi) is 6.20. The normalized spacial score (nSPS) is 12.3. The third-order valence-corrected chi connectivity index (χ3v) is 4.19. The number of thiophene rings is 1. The summed E-state index contributed by atoms with van der Waals surface area (Å²) in [6.45, 7) is 1.65. The van der Waals surface area contributed by atoms with Crippen molar-refractivity contribution in [2.75, 3.05) is 18.6 Å². The molecule has 1 heterocycles. The predicted molar refractivity (Wildman–Crippen MR) is 79.5 cm³/mol. The highest BCUT2D eigenvalue weighted by Crippen LogP contribution is 2.13. The monoisotopic (exact) mass is 315 g/mol. The first-order valence-corrected chi connectivity index (χ1v) is 8.92. The highest BCUT2D eigenvalue weighted by Gasteiger charge is 2.15. The van der Waals surface area contributed by atoms with E-state index < -0.39 is 15.9 Å². The average Bonchev–Trinajstić information content (AvgIpc) is 2.75. The van der Waals surface area contributed by atoms with Crippen molar-refractivity contribution in [1.82, 2.24) is 5.32 Å². The average molecular weight is 315 g/mol. The number of aliphatic hydroxyl groups is 1. The Morgan fingerprint density at radius 3 is 2.85 bits per heavy atom. The molecule has 1 rings (SSSR count). The van der Waals surface area contributed by atoms with Crippen molar-refractivity contribution >= 4 is 27.1 Å². The van der Waals surface area contributed by atoms with Gasteiger partial charge in [0.2, 0.25) is 0 Å². The zero-order chi connectivity index (χ0) is 15.2. The summed E-state index contributed by atoms with van der Waals surface area (Å²) < 4.78 is 22.2. The van der Waals surface area contributed by atoms with Gasteiger partial charge in [-0.25, -0.2) is 8.42 Å². The van der Waals surface area contributed by atoms with Crippen LogP contribution in [0.25, 0.3) is 0 Å². The molecule has 0 fully saturated rings. The SMILES string of the molecule is CC(CS(C)(=O)=O)NC(=O)c1csc(C#CCCO)c1. The molecule has 0 aliphatic rings. The summed E-state index contributed by atoms with van der Waals surface area (Å²) in [7, 11) is -3.12. The molecule has 5 nitrogen and oxygen atoms in total. The number of hydrogen-bond donors (Lipinski definition) is 2. The number of amides is 1. The van der Waals surface area contributed by atoms with Crippen LogP contribution in [0.1, 0.15) is 28.6 Å². The summed E-state index contributed by atoms with van der Waals surface area (Å²) >= 11 is 1.33. The maximum atomic E-state index is 11.9. The minimum absolute atomic E-state index is 0.00866. The van der Waals surface area contributed by atoms with E-state index in [-0.39, 0.29) is 18.3 Å². The van der Waals surface area contributed by atoms with E-state index in [1.54, 1.807) is 18.4 Å². The van der Waals surface area contributed by atoms with Gasteiger partial charge in [0.1, 0.15) is 9.84 Å². The Morgan fingerprint density at radius 2 is 2.25 bits per heavy atom. The van der Waals surface area contributed by atoms with Gasteiger partial charge >= 0.3 is 0 Å². The van der Waals surface area contributed by atoms with Crippen LogP contribution in [0.4, 0.5) is 0 Å². The van der Waals surface area contributed by atoms with Crippen molar-refractivity contribution in [3.63, 3.8) is 0 Å². The van der Waals surface area contributed by atoms with E-state index in [4.69, 9.17) is 5.11 Å². The van der Waals surface area contributed by atoms with Gasteiger partial charge < -0.3 is 10.4 Å². The van der Waals surface area contributed by atoms with Crippen LogP contribution in [0.15, 0.2) is 11.4 Å². The molecule has 0 radical (unpaired) electrons. The second kappa shape index (κ2) is 7.43. The maximum Gasteiger partial charge on any atom is 0.252 e. The Labute approximate surface area is 122 Å². The third-order valence-electron chi connectivity index (χ3n) is 2.24. The van der Waals surface area contributed by atoms with Crippen LogP contribution < -0.4 is 5.32 Å². The number of carbonyl (C=O) groups is 1. The van der Waals surface area contributed by atoms with Gasteiger partial charge in [-0.15, -0.1) is 11.3 Å². The van der Waals surface area contributed by atoms with Crippen molar-refractivity contribution in [3.8, 4) is 11.8 Å². The van der Waals surface area contributed by atoms with Crippen molar-refractivity contribution in [1.29, 1.82) is 0 Å². The third kappa shape index (κ3) is 6.19. The van der Waals surface area contributed by atoms with Crippen molar-refractivity contribution in [3.05, 3.63) is 21.9 Å². The molecule has 0 aliphatic carbocycles. The molecule has 0 spiro atoms. The van der Waals surface area contributed by atoms with Gasteiger partial charge in [-0.3, -0.25) is 4.79 Å². The summed E-state index contributed by atoms with van der Waals surface area (Å²) in [6, 6.07) is 1.21. The van der Waals surface area contributed by atoms with Gasteiger partial charge in [0.25, 0.3) is 5.91 Å². The lowest BCUT2D eigenvalue weighted by Gasteiger charge is -2.11. The summed E-state index contributed by atoms with van der Waals surface area (Å²) in [6.07, 6.45) is 1.53. The second-order valence-electron chi connectivity index (χ2n) is 4.44. The van der Waals surface area contributed by atoms with Gasteiger partial charge in [-0.2, -0.15) is 0 Å². The van der Waals surface area contributed by atoms with E-state index in [1.807, 2.05) is 0 Å². The summed E-state index contributed by atoms with van der Waals surface area (Å²) in [5, 5.41) is 12.9. The number of aliphatic hydroxyl groups excluding tert-OH is 1. The van der Waals surface area contributed by atoms with Gasteiger partial charge in [0, 0.05) is 24.1 Å². The fourth-order valence-electron chi connectivity index (χ4n) is 1.53. The Balaban J connectivity index is 2.63. The topological polar surface area (TPSA) is 83.5 Å². The first-order chi connectivity index (χ1) is 9.31. The number of carbonyl (C=O) groups excluding carboxylic acids is 1. The van der Waals surface area contributed by atoms with E-state index >= 15 is 0 Å². The molecule has 0 saturated heterocycles. The fourth-order valence-corrected chi connectivity index (χ4v) is 3.28. The lowest BCUT2D eigenvalue weighted by molar-refractivity contribution is 0.0944. The van der Waals surface area contributed by atoms with E-state index in [1.165, 1.54) is 11.3 Å². The van der Waals surface area contributed by atoms with Gasteiger partial charge in [-0.05, 0) is 13.0 Å². The minimum Gasteiger partial charge on any atom is -0.395 e. The largest absolute Gasteiger partial charge is 0.395 e. The smallest absolute Gasteiger partial charge is 0.252 e. The van der Waals surface area contributed by atoms with E-state index in [9.17, 15) is 13.2 Å². The zero-order valence-corrected chi connectivity index (χ0v) is 13.0. The molecule has 0 aliphatic heterocycles. The molecule has 2 N–H and O–H groups in total. The lowest BCUT2D eigenvalue weighted by atomic mass is 10.2. The molecule has 0 bridgehead atoms. The molecule has 110 valence electrons. The molecule has 0 aromatic carbocycles. The molecular weight excluding hydrogens is 298 g/mol. The van der Waals surface area contributed by atoms with Crippen LogP contribution >= 0.6 is 11.3 Å². The molecular formula is C13H17NO4S2. The quantitative estimate of drug-likeness (QED) is 0.781. The minimum atomic E-state index is -3.12. The van der Waals surface area contributed by atoms with Gasteiger partial charge in [0.05, 0.1) is 22.8 Å². The molecule has 20 heavy (non-hydrogen) atoms. The first-order valence-electron chi connectivity index (χ1n) is 5.98. The number of hydrogen-bond acceptors (Lipinski definition) is 5. The van der Waals surface area contributed by atoms with Crippen LogP contribution in [0, 0.1) is 11.8 Å². The van der Waals surface area contributed by atoms with Crippen molar-refractivity contribution in [2.24, 2.45) is 0 Å². The van der Waals surface area contributed by atoms with Crippen LogP contribution in [0.5, 0.6) is 0 Å². The molecule has 1 atom stereocenters. The number of nitrogens with one attached hydrogen (secondary N) is 1. The van der Waals surface area contributed by atoms with Crippen LogP contribution in [0.3, 0.4) is 0 Å². The Morgan fingerprint density at radius 1 is 1.55 bits per heavy atom. The van der Waals surface area contributed by atoms with E-state index in [0.29, 0.717) is 12.0 Å². The summed E-state index contributed by atoms with van der Waals surface area (Å²) in [5.74, 6) is 5.22. The fraction of sp³-hybridized carbons (Fsp3) is 0.462. The summed E-state index contributed by atoms with van der Waals surface area (Å²) in [5.41, 5.74) is 0.462.